The first-order chi connectivity index (χ1) is 13.6. The third-order valence-corrected chi connectivity index (χ3v) is 3.80. The monoisotopic (exact) mass is 387 g/mol. The van der Waals surface area contributed by atoms with E-state index in [0.717, 1.165) is 12.2 Å². The van der Waals surface area contributed by atoms with Crippen molar-refractivity contribution >= 4 is 23.5 Å². The van der Waals surface area contributed by atoms with Crippen LogP contribution in [0.15, 0.2) is 36.5 Å². The Kier molecular flexibility index (Phi) is 8.48. The molecule has 1 heterocycles. The van der Waals surface area contributed by atoms with Gasteiger partial charge in [0.15, 0.2) is 0 Å². The predicted octanol–water partition coefficient (Wildman–Crippen LogP) is 3.58. The van der Waals surface area contributed by atoms with Gasteiger partial charge in [-0.05, 0) is 44.5 Å². The van der Waals surface area contributed by atoms with Crippen LogP contribution in [0.3, 0.4) is 0 Å². The third kappa shape index (κ3) is 6.09. The number of benzene rings is 1. The van der Waals surface area contributed by atoms with Crippen LogP contribution in [-0.4, -0.2) is 48.9 Å². The van der Waals surface area contributed by atoms with E-state index in [-0.39, 0.29) is 12.1 Å². The molecule has 1 aromatic heterocycles. The quantitative estimate of drug-likeness (QED) is 0.648. The molecule has 2 rings (SSSR count). The Bertz CT molecular complexity index is 739. The molecule has 0 radical (unpaired) electrons. The molecule has 0 saturated heterocycles. The van der Waals surface area contributed by atoms with Gasteiger partial charge < -0.3 is 20.1 Å². The van der Waals surface area contributed by atoms with Crippen LogP contribution in [0.25, 0.3) is 0 Å². The first-order valence-corrected chi connectivity index (χ1v) is 9.48. The molecule has 2 amide bonds. The van der Waals surface area contributed by atoms with Crippen molar-refractivity contribution in [3.8, 4) is 5.75 Å². The Morgan fingerprint density at radius 2 is 1.96 bits per heavy atom. The number of hydrogen-bond donors (Lipinski definition) is 2. The van der Waals surface area contributed by atoms with Crippen molar-refractivity contribution in [3.63, 3.8) is 0 Å². The number of ether oxygens (including phenoxy) is 2. The van der Waals surface area contributed by atoms with Crippen LogP contribution in [0.1, 0.15) is 27.2 Å². The number of methoxy groups -OCH3 is 1. The molecule has 0 aliphatic heterocycles. The second-order valence-electron chi connectivity index (χ2n) is 6.23. The molecule has 1 unspecified atom stereocenters. The Balaban J connectivity index is 2.32. The summed E-state index contributed by atoms with van der Waals surface area (Å²) in [6.45, 7) is 7.59. The number of nitrogens with zero attached hydrogens (tertiary/aromatic N) is 3. The van der Waals surface area contributed by atoms with Crippen molar-refractivity contribution in [2.24, 2.45) is 0 Å². The minimum Gasteiger partial charge on any atom is -0.494 e. The molecule has 0 spiro atoms. The molecule has 2 aromatic rings. The minimum atomic E-state index is -0.249. The smallest absolute Gasteiger partial charge is 0.327 e. The van der Waals surface area contributed by atoms with Gasteiger partial charge in [0.05, 0.1) is 18.9 Å². The highest BCUT2D eigenvalue weighted by Gasteiger charge is 2.20. The summed E-state index contributed by atoms with van der Waals surface area (Å²) < 4.78 is 10.6. The van der Waals surface area contributed by atoms with Crippen LogP contribution in [0, 0.1) is 0 Å². The van der Waals surface area contributed by atoms with Gasteiger partial charge in [-0.1, -0.05) is 6.92 Å². The molecule has 1 atom stereocenters. The lowest BCUT2D eigenvalue weighted by molar-refractivity contribution is 0.190. The van der Waals surface area contributed by atoms with Crippen LogP contribution in [0.5, 0.6) is 5.75 Å². The molecule has 0 saturated carbocycles. The maximum absolute atomic E-state index is 12.8. The maximum Gasteiger partial charge on any atom is 0.327 e. The molecule has 8 heteroatoms. The molecule has 0 aliphatic carbocycles. The van der Waals surface area contributed by atoms with E-state index in [1.807, 2.05) is 45.0 Å². The molecular weight excluding hydrogens is 358 g/mol. The van der Waals surface area contributed by atoms with Crippen LogP contribution in [0.4, 0.5) is 22.2 Å². The van der Waals surface area contributed by atoms with Gasteiger partial charge >= 0.3 is 6.03 Å². The van der Waals surface area contributed by atoms with Gasteiger partial charge in [-0.15, -0.1) is 0 Å². The lowest BCUT2D eigenvalue weighted by Gasteiger charge is -2.23. The van der Waals surface area contributed by atoms with E-state index in [9.17, 15) is 4.79 Å². The fraction of sp³-hybridized carbons (Fsp3) is 0.450. The van der Waals surface area contributed by atoms with Gasteiger partial charge in [0.1, 0.15) is 11.6 Å². The topological polar surface area (TPSA) is 88.6 Å². The van der Waals surface area contributed by atoms with Crippen LogP contribution < -0.4 is 20.3 Å². The summed E-state index contributed by atoms with van der Waals surface area (Å²) in [6, 6.07) is 8.82. The summed E-state index contributed by atoms with van der Waals surface area (Å²) in [6.07, 6.45) is 2.47. The average molecular weight is 387 g/mol. The molecule has 0 bridgehead atoms. The number of carbonyl (C=O) groups is 1. The van der Waals surface area contributed by atoms with Crippen LogP contribution in [0.2, 0.25) is 0 Å². The Morgan fingerprint density at radius 3 is 2.61 bits per heavy atom. The molecule has 8 nitrogen and oxygen atoms in total. The maximum atomic E-state index is 12.8. The summed E-state index contributed by atoms with van der Waals surface area (Å²) in [7, 11) is 1.64. The number of urea groups is 1. The average Bonchev–Trinajstić information content (AvgIpc) is 2.68. The van der Waals surface area contributed by atoms with Crippen molar-refractivity contribution in [1.29, 1.82) is 0 Å². The van der Waals surface area contributed by atoms with Gasteiger partial charge in [0.2, 0.25) is 5.95 Å². The van der Waals surface area contributed by atoms with Crippen LogP contribution in [-0.2, 0) is 4.74 Å². The number of rotatable bonds is 10. The Hall–Kier alpha value is -2.87. The first kappa shape index (κ1) is 21.4. The second-order valence-corrected chi connectivity index (χ2v) is 6.23. The summed E-state index contributed by atoms with van der Waals surface area (Å²) in [5.41, 5.74) is 0.687. The van der Waals surface area contributed by atoms with Gasteiger partial charge in [-0.3, -0.25) is 0 Å². The molecule has 152 valence electrons. The van der Waals surface area contributed by atoms with E-state index in [1.54, 1.807) is 19.4 Å². The van der Waals surface area contributed by atoms with Gasteiger partial charge in [0, 0.05) is 32.0 Å². The van der Waals surface area contributed by atoms with Gasteiger partial charge in [-0.25, -0.2) is 14.7 Å². The lowest BCUT2D eigenvalue weighted by Crippen LogP contribution is -2.37. The fourth-order valence-corrected chi connectivity index (χ4v) is 2.58. The number of aromatic nitrogens is 2. The van der Waals surface area contributed by atoms with E-state index in [0.29, 0.717) is 37.2 Å². The van der Waals surface area contributed by atoms with Crippen molar-refractivity contribution in [1.82, 2.24) is 15.3 Å². The first-order valence-electron chi connectivity index (χ1n) is 9.48. The third-order valence-electron chi connectivity index (χ3n) is 3.80. The zero-order valence-corrected chi connectivity index (χ0v) is 16.9. The van der Waals surface area contributed by atoms with Gasteiger partial charge in [-0.2, -0.15) is 4.98 Å². The number of anilines is 3. The molecule has 0 fully saturated rings. The summed E-state index contributed by atoms with van der Waals surface area (Å²) in [5, 5.41) is 6.08. The molecular formula is C20H29N5O3. The van der Waals surface area contributed by atoms with E-state index < -0.39 is 0 Å². The van der Waals surface area contributed by atoms with Crippen molar-refractivity contribution < 1.29 is 14.3 Å². The van der Waals surface area contributed by atoms with E-state index in [4.69, 9.17) is 9.47 Å². The highest BCUT2D eigenvalue weighted by molar-refractivity contribution is 5.98. The summed E-state index contributed by atoms with van der Waals surface area (Å²) in [4.78, 5) is 23.1. The van der Waals surface area contributed by atoms with E-state index >= 15 is 0 Å². The Morgan fingerprint density at radius 1 is 1.21 bits per heavy atom. The summed E-state index contributed by atoms with van der Waals surface area (Å²) in [5.74, 6) is 1.65. The number of amides is 2. The van der Waals surface area contributed by atoms with E-state index in [1.165, 1.54) is 4.90 Å². The zero-order valence-electron chi connectivity index (χ0n) is 16.9. The summed E-state index contributed by atoms with van der Waals surface area (Å²) >= 11 is 0. The van der Waals surface area contributed by atoms with Crippen molar-refractivity contribution in [3.05, 3.63) is 36.5 Å². The molecule has 2 N–H and O–H groups in total. The van der Waals surface area contributed by atoms with E-state index in [2.05, 4.69) is 20.6 Å². The van der Waals surface area contributed by atoms with Gasteiger partial charge in [0.25, 0.3) is 0 Å². The largest absolute Gasteiger partial charge is 0.494 e. The second kappa shape index (κ2) is 11.1. The number of nitrogens with one attached hydrogen (secondary N) is 2. The highest BCUT2D eigenvalue weighted by Crippen LogP contribution is 2.26. The minimum absolute atomic E-state index is 0.0353. The zero-order chi connectivity index (χ0) is 20.4. The van der Waals surface area contributed by atoms with Crippen LogP contribution >= 0.6 is 0 Å². The van der Waals surface area contributed by atoms with Crippen molar-refractivity contribution in [2.45, 2.75) is 33.2 Å². The van der Waals surface area contributed by atoms with Crippen molar-refractivity contribution in [2.75, 3.05) is 37.1 Å². The Labute approximate surface area is 166 Å². The standard InChI is InChI=1S/C20H29N5O3/c1-5-12-22-20(26)25(16-7-9-17(10-8-16)28-6-2)18-11-13-21-19(24-18)23-15(3)14-27-4/h7-11,13,15H,5-6,12,14H2,1-4H3,(H,22,26)(H,21,23,24). The fourth-order valence-electron chi connectivity index (χ4n) is 2.58. The molecule has 28 heavy (non-hydrogen) atoms. The number of hydrogen-bond acceptors (Lipinski definition) is 6. The molecule has 0 aliphatic rings. The lowest BCUT2D eigenvalue weighted by atomic mass is 10.2. The molecule has 1 aromatic carbocycles. The SMILES string of the molecule is CCCNC(=O)N(c1ccc(OCC)cc1)c1ccnc(NC(C)COC)n1. The number of carbonyl (C=O) groups excluding carboxylic acids is 1. The predicted molar refractivity (Wildman–Crippen MR) is 110 cm³/mol. The highest BCUT2D eigenvalue weighted by atomic mass is 16.5. The normalized spacial score (nSPS) is 11.6.